The number of carboxylic acids is 1. The molecule has 0 spiro atoms. The van der Waals surface area contributed by atoms with Crippen molar-refractivity contribution < 1.29 is 23.8 Å². The lowest BCUT2D eigenvalue weighted by molar-refractivity contribution is -0.136. The third kappa shape index (κ3) is 5.53. The third-order valence-corrected chi connectivity index (χ3v) is 6.55. The van der Waals surface area contributed by atoms with Gasteiger partial charge in [-0.1, -0.05) is 49.4 Å². The minimum Gasteiger partial charge on any atom is -0.493 e. The van der Waals surface area contributed by atoms with Crippen LogP contribution in [-0.2, 0) is 29.0 Å². The van der Waals surface area contributed by atoms with Crippen molar-refractivity contribution in [1.29, 1.82) is 0 Å². The first kappa shape index (κ1) is 24.5. The Balaban J connectivity index is 1.66. The van der Waals surface area contributed by atoms with Gasteiger partial charge in [0.05, 0.1) is 13.0 Å². The topological polar surface area (TPSA) is 66.8 Å². The van der Waals surface area contributed by atoms with Crippen molar-refractivity contribution in [3.8, 4) is 16.9 Å². The van der Waals surface area contributed by atoms with Crippen LogP contribution in [0.15, 0.2) is 60.7 Å². The van der Waals surface area contributed by atoms with Gasteiger partial charge in [0.2, 0.25) is 5.91 Å². The molecular formula is C29H30FNO4. The standard InChI is InChI=1S/C29H30FNO4/c1-3-35-27-12-9-20(17-29(33)34)16-24(27)22-10-11-26(30)23-13-14-31(18-25(22)23)28(32)15-19(2)21-7-5-4-6-8-21/h4-12,16,19H,3,13-15,17-18H2,1-2H3,(H,33,34). The molecule has 1 aliphatic heterocycles. The van der Waals surface area contributed by atoms with E-state index in [0.29, 0.717) is 55.0 Å². The second-order valence-corrected chi connectivity index (χ2v) is 8.97. The second-order valence-electron chi connectivity index (χ2n) is 8.97. The molecule has 0 fully saturated rings. The zero-order valence-electron chi connectivity index (χ0n) is 20.1. The number of ether oxygens (including phenoxy) is 1. The maximum Gasteiger partial charge on any atom is 0.307 e. The molecule has 3 aromatic rings. The van der Waals surface area contributed by atoms with Crippen molar-refractivity contribution >= 4 is 11.9 Å². The number of aliphatic carboxylic acids is 1. The lowest BCUT2D eigenvalue weighted by Crippen LogP contribution is -2.37. The molecule has 0 aliphatic carbocycles. The van der Waals surface area contributed by atoms with Crippen LogP contribution in [0.5, 0.6) is 5.75 Å². The fraction of sp³-hybridized carbons (Fsp3) is 0.310. The largest absolute Gasteiger partial charge is 0.493 e. The van der Waals surface area contributed by atoms with Gasteiger partial charge in [-0.05, 0) is 65.3 Å². The fourth-order valence-electron chi connectivity index (χ4n) is 4.74. The monoisotopic (exact) mass is 475 g/mol. The molecule has 1 amide bonds. The molecule has 3 aromatic carbocycles. The molecular weight excluding hydrogens is 445 g/mol. The average Bonchev–Trinajstić information content (AvgIpc) is 2.85. The molecule has 5 nitrogen and oxygen atoms in total. The highest BCUT2D eigenvalue weighted by atomic mass is 19.1. The molecule has 182 valence electrons. The van der Waals surface area contributed by atoms with Crippen LogP contribution in [0.3, 0.4) is 0 Å². The summed E-state index contributed by atoms with van der Waals surface area (Å²) in [6.07, 6.45) is 0.687. The maximum atomic E-state index is 14.8. The Morgan fingerprint density at radius 2 is 1.83 bits per heavy atom. The summed E-state index contributed by atoms with van der Waals surface area (Å²) in [5.41, 5.74) is 4.59. The van der Waals surface area contributed by atoms with Crippen LogP contribution in [0.25, 0.3) is 11.1 Å². The van der Waals surface area contributed by atoms with Gasteiger partial charge in [0, 0.05) is 25.1 Å². The summed E-state index contributed by atoms with van der Waals surface area (Å²) >= 11 is 0. The van der Waals surface area contributed by atoms with Crippen LogP contribution in [0.1, 0.15) is 48.4 Å². The normalized spacial score (nSPS) is 13.7. The van der Waals surface area contributed by atoms with E-state index in [1.54, 1.807) is 29.2 Å². The minimum absolute atomic E-state index is 0.0341. The van der Waals surface area contributed by atoms with E-state index >= 15 is 0 Å². The Morgan fingerprint density at radius 3 is 2.54 bits per heavy atom. The Bertz CT molecular complexity index is 1220. The van der Waals surface area contributed by atoms with Crippen LogP contribution in [-0.4, -0.2) is 35.0 Å². The Labute approximate surface area is 205 Å². The zero-order chi connectivity index (χ0) is 24.9. The van der Waals surface area contributed by atoms with Gasteiger partial charge in [0.1, 0.15) is 11.6 Å². The molecule has 1 N–H and O–H groups in total. The van der Waals surface area contributed by atoms with E-state index in [2.05, 4.69) is 0 Å². The smallest absolute Gasteiger partial charge is 0.307 e. The molecule has 1 unspecified atom stereocenters. The van der Waals surface area contributed by atoms with Crippen LogP contribution >= 0.6 is 0 Å². The molecule has 0 bridgehead atoms. The first-order valence-corrected chi connectivity index (χ1v) is 12.0. The number of carbonyl (C=O) groups is 2. The number of carbonyl (C=O) groups excluding carboxylic acids is 1. The molecule has 4 rings (SSSR count). The summed E-state index contributed by atoms with van der Waals surface area (Å²) in [5, 5.41) is 9.25. The minimum atomic E-state index is -0.925. The van der Waals surface area contributed by atoms with E-state index in [1.165, 1.54) is 6.07 Å². The van der Waals surface area contributed by atoms with Crippen molar-refractivity contribution in [1.82, 2.24) is 4.90 Å². The number of hydrogen-bond donors (Lipinski definition) is 1. The molecule has 1 atom stereocenters. The first-order valence-electron chi connectivity index (χ1n) is 12.0. The first-order chi connectivity index (χ1) is 16.9. The van der Waals surface area contributed by atoms with E-state index < -0.39 is 5.97 Å². The molecule has 0 saturated heterocycles. The fourth-order valence-corrected chi connectivity index (χ4v) is 4.74. The van der Waals surface area contributed by atoms with Crippen molar-refractivity contribution in [2.45, 2.75) is 45.6 Å². The van der Waals surface area contributed by atoms with E-state index in [1.807, 2.05) is 44.2 Å². The molecule has 0 aromatic heterocycles. The Kier molecular flexibility index (Phi) is 7.49. The Hall–Kier alpha value is -3.67. The number of halogens is 1. The number of fused-ring (bicyclic) bond motifs is 1. The summed E-state index contributed by atoms with van der Waals surface area (Å²) in [6.45, 7) is 5.13. The van der Waals surface area contributed by atoms with E-state index in [-0.39, 0.29) is 24.1 Å². The lowest BCUT2D eigenvalue weighted by Gasteiger charge is -2.32. The van der Waals surface area contributed by atoms with Crippen molar-refractivity contribution in [2.75, 3.05) is 13.2 Å². The van der Waals surface area contributed by atoms with Gasteiger partial charge in [0.15, 0.2) is 0 Å². The van der Waals surface area contributed by atoms with Crippen LogP contribution in [0, 0.1) is 5.82 Å². The number of nitrogens with zero attached hydrogens (tertiary/aromatic N) is 1. The van der Waals surface area contributed by atoms with Gasteiger partial charge >= 0.3 is 5.97 Å². The van der Waals surface area contributed by atoms with Crippen molar-refractivity contribution in [3.63, 3.8) is 0 Å². The summed E-state index contributed by atoms with van der Waals surface area (Å²) in [7, 11) is 0. The van der Waals surface area contributed by atoms with Gasteiger partial charge in [-0.3, -0.25) is 9.59 Å². The molecule has 0 radical (unpaired) electrons. The molecule has 1 aliphatic rings. The van der Waals surface area contributed by atoms with Crippen molar-refractivity contribution in [2.24, 2.45) is 0 Å². The second kappa shape index (κ2) is 10.7. The average molecular weight is 476 g/mol. The van der Waals surface area contributed by atoms with Gasteiger partial charge in [-0.15, -0.1) is 0 Å². The van der Waals surface area contributed by atoms with Gasteiger partial charge < -0.3 is 14.7 Å². The summed E-state index contributed by atoms with van der Waals surface area (Å²) in [4.78, 5) is 26.3. The number of amides is 1. The SMILES string of the molecule is CCOc1ccc(CC(=O)O)cc1-c1ccc(F)c2c1CN(C(=O)CC(C)c1ccccc1)CC2. The number of hydrogen-bond acceptors (Lipinski definition) is 3. The molecule has 0 saturated carbocycles. The highest BCUT2D eigenvalue weighted by molar-refractivity contribution is 5.80. The quantitative estimate of drug-likeness (QED) is 0.461. The highest BCUT2D eigenvalue weighted by Gasteiger charge is 2.27. The summed E-state index contributed by atoms with van der Waals surface area (Å²) in [6, 6.07) is 18.4. The van der Waals surface area contributed by atoms with Crippen LogP contribution in [0.4, 0.5) is 4.39 Å². The van der Waals surface area contributed by atoms with E-state index in [4.69, 9.17) is 4.74 Å². The van der Waals surface area contributed by atoms with Crippen LogP contribution in [0.2, 0.25) is 0 Å². The van der Waals surface area contributed by atoms with E-state index in [9.17, 15) is 19.1 Å². The van der Waals surface area contributed by atoms with Gasteiger partial charge in [-0.25, -0.2) is 4.39 Å². The van der Waals surface area contributed by atoms with Crippen LogP contribution < -0.4 is 4.74 Å². The molecule has 35 heavy (non-hydrogen) atoms. The number of benzene rings is 3. The lowest BCUT2D eigenvalue weighted by atomic mass is 9.89. The number of rotatable bonds is 8. The summed E-state index contributed by atoms with van der Waals surface area (Å²) in [5.74, 6) is -0.489. The summed E-state index contributed by atoms with van der Waals surface area (Å²) < 4.78 is 20.6. The molecule has 6 heteroatoms. The predicted octanol–water partition coefficient (Wildman–Crippen LogP) is 5.60. The molecule has 1 heterocycles. The van der Waals surface area contributed by atoms with Gasteiger partial charge in [0.25, 0.3) is 0 Å². The maximum absolute atomic E-state index is 14.8. The zero-order valence-corrected chi connectivity index (χ0v) is 20.1. The Morgan fingerprint density at radius 1 is 1.06 bits per heavy atom. The van der Waals surface area contributed by atoms with E-state index in [0.717, 1.165) is 16.7 Å². The van der Waals surface area contributed by atoms with Gasteiger partial charge in [-0.2, -0.15) is 0 Å². The van der Waals surface area contributed by atoms with Crippen molar-refractivity contribution in [3.05, 3.63) is 88.7 Å². The highest BCUT2D eigenvalue weighted by Crippen LogP contribution is 2.38. The predicted molar refractivity (Wildman–Crippen MR) is 133 cm³/mol. The number of carboxylic acid groups (broad SMARTS) is 1. The third-order valence-electron chi connectivity index (χ3n) is 6.55.